The highest BCUT2D eigenvalue weighted by molar-refractivity contribution is 5.80. The Morgan fingerprint density at radius 2 is 2.09 bits per heavy atom. The molecule has 1 amide bonds. The van der Waals surface area contributed by atoms with Gasteiger partial charge in [-0.25, -0.2) is 0 Å². The van der Waals surface area contributed by atoms with Gasteiger partial charge in [0, 0.05) is 13.6 Å². The normalized spacial score (nSPS) is 15.7. The van der Waals surface area contributed by atoms with Gasteiger partial charge in [0.15, 0.2) is 0 Å². The molecule has 0 saturated carbocycles. The lowest BCUT2D eigenvalue weighted by Crippen LogP contribution is -2.42. The topological polar surface area (TPSA) is 66.6 Å². The number of carbonyl (C=O) groups excluding carboxylic acids is 1. The zero-order valence-electron chi connectivity index (χ0n) is 7.24. The minimum absolute atomic E-state index is 0.147. The van der Waals surface area contributed by atoms with Crippen molar-refractivity contribution in [2.24, 2.45) is 5.73 Å². The van der Waals surface area contributed by atoms with Crippen LogP contribution >= 0.6 is 0 Å². The van der Waals surface area contributed by atoms with Crippen molar-refractivity contribution in [1.82, 2.24) is 4.90 Å². The van der Waals surface area contributed by atoms with Crippen LogP contribution in [-0.2, 0) is 4.79 Å². The standard InChI is InChI=1S/C7H16N2O2/c1-5(10)4-9(3)7(11)6(2)8/h5-6,10H,4,8H2,1-3H3/t5?,6-/m0/s1. The first-order valence-electron chi connectivity index (χ1n) is 3.63. The summed E-state index contributed by atoms with van der Waals surface area (Å²) >= 11 is 0. The van der Waals surface area contributed by atoms with Crippen molar-refractivity contribution >= 4 is 5.91 Å². The van der Waals surface area contributed by atoms with Gasteiger partial charge in [-0.3, -0.25) is 4.79 Å². The van der Waals surface area contributed by atoms with Crippen LogP contribution in [-0.4, -0.2) is 41.7 Å². The number of hydrogen-bond donors (Lipinski definition) is 2. The van der Waals surface area contributed by atoms with Crippen LogP contribution in [0.3, 0.4) is 0 Å². The van der Waals surface area contributed by atoms with E-state index in [4.69, 9.17) is 10.8 Å². The second-order valence-electron chi connectivity index (χ2n) is 2.86. The van der Waals surface area contributed by atoms with Crippen molar-refractivity contribution in [2.75, 3.05) is 13.6 Å². The highest BCUT2D eigenvalue weighted by Crippen LogP contribution is 1.91. The summed E-state index contributed by atoms with van der Waals surface area (Å²) < 4.78 is 0. The first kappa shape index (κ1) is 10.4. The molecule has 0 bridgehead atoms. The maximum Gasteiger partial charge on any atom is 0.239 e. The summed E-state index contributed by atoms with van der Waals surface area (Å²) in [5.41, 5.74) is 5.34. The molecule has 0 aliphatic carbocycles. The largest absolute Gasteiger partial charge is 0.392 e. The van der Waals surface area contributed by atoms with Crippen molar-refractivity contribution in [2.45, 2.75) is 26.0 Å². The van der Waals surface area contributed by atoms with Gasteiger partial charge in [0.1, 0.15) is 0 Å². The van der Waals surface area contributed by atoms with E-state index in [-0.39, 0.29) is 5.91 Å². The molecule has 4 heteroatoms. The van der Waals surface area contributed by atoms with Crippen molar-refractivity contribution in [1.29, 1.82) is 0 Å². The third-order valence-electron chi connectivity index (χ3n) is 1.30. The fraction of sp³-hybridized carbons (Fsp3) is 0.857. The van der Waals surface area contributed by atoms with Crippen LogP contribution in [0.2, 0.25) is 0 Å². The molecule has 0 aromatic carbocycles. The maximum absolute atomic E-state index is 11.1. The predicted molar refractivity (Wildman–Crippen MR) is 43.0 cm³/mol. The summed E-state index contributed by atoms with van der Waals surface area (Å²) in [7, 11) is 1.62. The number of carbonyl (C=O) groups is 1. The van der Waals surface area contributed by atoms with Gasteiger partial charge < -0.3 is 15.7 Å². The lowest BCUT2D eigenvalue weighted by atomic mass is 10.3. The highest BCUT2D eigenvalue weighted by Gasteiger charge is 2.13. The summed E-state index contributed by atoms with van der Waals surface area (Å²) in [6.45, 7) is 3.59. The maximum atomic E-state index is 11.1. The van der Waals surface area contributed by atoms with Gasteiger partial charge >= 0.3 is 0 Å². The molecule has 0 spiro atoms. The molecule has 3 N–H and O–H groups in total. The molecule has 0 aromatic heterocycles. The molecule has 0 heterocycles. The fourth-order valence-corrected chi connectivity index (χ4v) is 0.834. The molecule has 0 rings (SSSR count). The highest BCUT2D eigenvalue weighted by atomic mass is 16.3. The minimum Gasteiger partial charge on any atom is -0.392 e. The Hall–Kier alpha value is -0.610. The number of nitrogens with zero attached hydrogens (tertiary/aromatic N) is 1. The van der Waals surface area contributed by atoms with E-state index in [0.717, 1.165) is 0 Å². The summed E-state index contributed by atoms with van der Waals surface area (Å²) in [5, 5.41) is 8.92. The van der Waals surface area contributed by atoms with E-state index in [1.807, 2.05) is 0 Å². The Bertz CT molecular complexity index is 134. The first-order chi connectivity index (χ1) is 4.95. The molecule has 4 nitrogen and oxygen atoms in total. The molecule has 1 unspecified atom stereocenters. The monoisotopic (exact) mass is 160 g/mol. The van der Waals surface area contributed by atoms with Crippen molar-refractivity contribution < 1.29 is 9.90 Å². The minimum atomic E-state index is -0.498. The van der Waals surface area contributed by atoms with Crippen LogP contribution in [0.25, 0.3) is 0 Å². The molecule has 0 radical (unpaired) electrons. The average molecular weight is 160 g/mol. The Morgan fingerprint density at radius 1 is 1.64 bits per heavy atom. The fourth-order valence-electron chi connectivity index (χ4n) is 0.834. The van der Waals surface area contributed by atoms with E-state index < -0.39 is 12.1 Å². The van der Waals surface area contributed by atoms with Gasteiger partial charge in [0.05, 0.1) is 12.1 Å². The molecule has 0 aliphatic heterocycles. The number of nitrogens with two attached hydrogens (primary N) is 1. The third-order valence-corrected chi connectivity index (χ3v) is 1.30. The van der Waals surface area contributed by atoms with Crippen molar-refractivity contribution in [3.05, 3.63) is 0 Å². The van der Waals surface area contributed by atoms with Crippen LogP contribution in [0.4, 0.5) is 0 Å². The van der Waals surface area contributed by atoms with E-state index in [1.54, 1.807) is 20.9 Å². The van der Waals surface area contributed by atoms with Gasteiger partial charge in [-0.15, -0.1) is 0 Å². The smallest absolute Gasteiger partial charge is 0.239 e. The lowest BCUT2D eigenvalue weighted by Gasteiger charge is -2.20. The predicted octanol–water partition coefficient (Wildman–Crippen LogP) is -0.827. The van der Waals surface area contributed by atoms with E-state index in [2.05, 4.69) is 0 Å². The molecule has 0 saturated heterocycles. The second-order valence-corrected chi connectivity index (χ2v) is 2.86. The second kappa shape index (κ2) is 4.31. The summed E-state index contributed by atoms with van der Waals surface area (Å²) in [4.78, 5) is 12.5. The van der Waals surface area contributed by atoms with Crippen molar-refractivity contribution in [3.8, 4) is 0 Å². The Kier molecular flexibility index (Phi) is 4.07. The van der Waals surface area contributed by atoms with E-state index >= 15 is 0 Å². The SMILES string of the molecule is CC(O)CN(C)C(=O)[C@H](C)N. The number of amides is 1. The zero-order valence-corrected chi connectivity index (χ0v) is 7.24. The molecular weight excluding hydrogens is 144 g/mol. The number of likely N-dealkylation sites (N-methyl/N-ethyl adjacent to an activating group) is 1. The van der Waals surface area contributed by atoms with Crippen LogP contribution in [0.5, 0.6) is 0 Å². The van der Waals surface area contributed by atoms with E-state index in [0.29, 0.717) is 6.54 Å². The van der Waals surface area contributed by atoms with Gasteiger partial charge in [-0.1, -0.05) is 0 Å². The van der Waals surface area contributed by atoms with Gasteiger partial charge in [-0.05, 0) is 13.8 Å². The molecule has 2 atom stereocenters. The molecule has 0 fully saturated rings. The van der Waals surface area contributed by atoms with Gasteiger partial charge in [-0.2, -0.15) is 0 Å². The van der Waals surface area contributed by atoms with E-state index in [1.165, 1.54) is 4.90 Å². The van der Waals surface area contributed by atoms with Crippen LogP contribution in [0, 0.1) is 0 Å². The number of rotatable bonds is 3. The average Bonchev–Trinajstić information content (AvgIpc) is 1.84. The number of aliphatic hydroxyl groups is 1. The number of aliphatic hydroxyl groups excluding tert-OH is 1. The molecular formula is C7H16N2O2. The van der Waals surface area contributed by atoms with Gasteiger partial charge in [0.25, 0.3) is 0 Å². The summed E-state index contributed by atoms with van der Waals surface area (Å²) in [6.07, 6.45) is -0.498. The van der Waals surface area contributed by atoms with Crippen LogP contribution < -0.4 is 5.73 Å². The third kappa shape index (κ3) is 3.95. The Balaban J connectivity index is 3.83. The quantitative estimate of drug-likeness (QED) is 0.566. The molecule has 11 heavy (non-hydrogen) atoms. The van der Waals surface area contributed by atoms with Crippen LogP contribution in [0.15, 0.2) is 0 Å². The number of hydrogen-bond acceptors (Lipinski definition) is 3. The molecule has 0 aromatic rings. The molecule has 0 aliphatic rings. The first-order valence-corrected chi connectivity index (χ1v) is 3.63. The van der Waals surface area contributed by atoms with Gasteiger partial charge in [0.2, 0.25) is 5.91 Å². The molecule has 66 valence electrons. The zero-order chi connectivity index (χ0) is 9.02. The Labute approximate surface area is 67.0 Å². The van der Waals surface area contributed by atoms with E-state index in [9.17, 15) is 4.79 Å². The van der Waals surface area contributed by atoms with Crippen LogP contribution in [0.1, 0.15) is 13.8 Å². The Morgan fingerprint density at radius 3 is 2.36 bits per heavy atom. The van der Waals surface area contributed by atoms with Crippen molar-refractivity contribution in [3.63, 3.8) is 0 Å². The summed E-state index contributed by atoms with van der Waals surface area (Å²) in [5.74, 6) is -0.147. The summed E-state index contributed by atoms with van der Waals surface area (Å²) in [6, 6.07) is -0.487. The lowest BCUT2D eigenvalue weighted by molar-refractivity contribution is -0.132.